The number of nitrogens with one attached hydrogen (secondary N) is 1. The maximum Gasteiger partial charge on any atom is 0.0842 e. The zero-order valence-corrected chi connectivity index (χ0v) is 11.5. The van der Waals surface area contributed by atoms with E-state index in [9.17, 15) is 0 Å². The SMILES string of the molecule is CCNC(Cc1cn(C)nn1)C1Cc2ccccc21. The summed E-state index contributed by atoms with van der Waals surface area (Å²) < 4.78 is 1.77. The highest BCUT2D eigenvalue weighted by molar-refractivity contribution is 5.41. The van der Waals surface area contributed by atoms with Crippen LogP contribution in [0.4, 0.5) is 0 Å². The van der Waals surface area contributed by atoms with Gasteiger partial charge in [-0.2, -0.15) is 0 Å². The van der Waals surface area contributed by atoms with Gasteiger partial charge in [0.1, 0.15) is 0 Å². The van der Waals surface area contributed by atoms with E-state index in [0.717, 1.165) is 18.7 Å². The molecule has 100 valence electrons. The third-order valence-electron chi connectivity index (χ3n) is 3.93. The second kappa shape index (κ2) is 5.13. The summed E-state index contributed by atoms with van der Waals surface area (Å²) in [5.74, 6) is 0.609. The van der Waals surface area contributed by atoms with Gasteiger partial charge in [0, 0.05) is 31.6 Å². The second-order valence-corrected chi connectivity index (χ2v) is 5.26. The van der Waals surface area contributed by atoms with Crippen LogP contribution in [0.1, 0.15) is 29.7 Å². The van der Waals surface area contributed by atoms with Crippen LogP contribution in [0.3, 0.4) is 0 Å². The van der Waals surface area contributed by atoms with Crippen LogP contribution in [-0.4, -0.2) is 27.6 Å². The molecule has 0 spiro atoms. The van der Waals surface area contributed by atoms with E-state index in [1.165, 1.54) is 17.5 Å². The summed E-state index contributed by atoms with van der Waals surface area (Å²) in [7, 11) is 1.91. The summed E-state index contributed by atoms with van der Waals surface area (Å²) in [5.41, 5.74) is 4.06. The number of hydrogen-bond acceptors (Lipinski definition) is 3. The lowest BCUT2D eigenvalue weighted by Gasteiger charge is -2.36. The lowest BCUT2D eigenvalue weighted by molar-refractivity contribution is 0.402. The van der Waals surface area contributed by atoms with Crippen LogP contribution in [0, 0.1) is 0 Å². The van der Waals surface area contributed by atoms with Gasteiger partial charge in [-0.15, -0.1) is 5.10 Å². The minimum Gasteiger partial charge on any atom is -0.313 e. The van der Waals surface area contributed by atoms with Crippen molar-refractivity contribution >= 4 is 0 Å². The average molecular weight is 256 g/mol. The Labute approximate surface area is 113 Å². The Morgan fingerprint density at radius 3 is 2.95 bits per heavy atom. The highest BCUT2D eigenvalue weighted by Gasteiger charge is 2.32. The van der Waals surface area contributed by atoms with Crippen molar-refractivity contribution in [1.29, 1.82) is 0 Å². The number of aromatic nitrogens is 3. The molecule has 4 heteroatoms. The fourth-order valence-corrected chi connectivity index (χ4v) is 2.99. The minimum absolute atomic E-state index is 0.455. The first kappa shape index (κ1) is 12.4. The summed E-state index contributed by atoms with van der Waals surface area (Å²) in [5, 5.41) is 11.8. The number of benzene rings is 1. The maximum atomic E-state index is 4.21. The van der Waals surface area contributed by atoms with Crippen LogP contribution >= 0.6 is 0 Å². The molecule has 0 radical (unpaired) electrons. The third kappa shape index (κ3) is 2.40. The van der Waals surface area contributed by atoms with Crippen molar-refractivity contribution in [3.63, 3.8) is 0 Å². The normalized spacial score (nSPS) is 18.7. The van der Waals surface area contributed by atoms with E-state index in [1.807, 2.05) is 13.2 Å². The first-order chi connectivity index (χ1) is 9.28. The minimum atomic E-state index is 0.455. The molecule has 2 atom stereocenters. The molecule has 1 aromatic heterocycles. The molecule has 2 aromatic rings. The molecule has 0 bridgehead atoms. The van der Waals surface area contributed by atoms with Crippen LogP contribution in [0.5, 0.6) is 0 Å². The van der Waals surface area contributed by atoms with E-state index < -0.39 is 0 Å². The lowest BCUT2D eigenvalue weighted by Crippen LogP contribution is -2.41. The van der Waals surface area contributed by atoms with E-state index in [1.54, 1.807) is 4.68 Å². The predicted molar refractivity (Wildman–Crippen MR) is 75.1 cm³/mol. The first-order valence-corrected chi connectivity index (χ1v) is 6.94. The number of hydrogen-bond donors (Lipinski definition) is 1. The Balaban J connectivity index is 1.76. The molecule has 19 heavy (non-hydrogen) atoms. The Hall–Kier alpha value is -1.68. The van der Waals surface area contributed by atoms with Crippen molar-refractivity contribution in [2.45, 2.75) is 31.7 Å². The molecule has 0 aliphatic heterocycles. The zero-order valence-electron chi connectivity index (χ0n) is 11.5. The van der Waals surface area contributed by atoms with Crippen molar-refractivity contribution in [1.82, 2.24) is 20.3 Å². The molecule has 1 aliphatic carbocycles. The van der Waals surface area contributed by atoms with Crippen molar-refractivity contribution in [2.24, 2.45) is 7.05 Å². The van der Waals surface area contributed by atoms with Crippen LogP contribution < -0.4 is 5.32 Å². The van der Waals surface area contributed by atoms with Crippen LogP contribution in [-0.2, 0) is 19.9 Å². The molecule has 0 saturated heterocycles. The molecular formula is C15H20N4. The van der Waals surface area contributed by atoms with E-state index in [-0.39, 0.29) is 0 Å². The molecule has 0 fully saturated rings. The molecule has 1 N–H and O–H groups in total. The van der Waals surface area contributed by atoms with E-state index in [0.29, 0.717) is 12.0 Å². The van der Waals surface area contributed by atoms with Gasteiger partial charge in [-0.25, -0.2) is 0 Å². The largest absolute Gasteiger partial charge is 0.313 e. The summed E-state index contributed by atoms with van der Waals surface area (Å²) in [6.07, 6.45) is 4.13. The molecule has 3 rings (SSSR count). The molecule has 1 aromatic carbocycles. The van der Waals surface area contributed by atoms with Gasteiger partial charge in [0.2, 0.25) is 0 Å². The molecule has 1 aliphatic rings. The summed E-state index contributed by atoms with van der Waals surface area (Å²) >= 11 is 0. The topological polar surface area (TPSA) is 42.7 Å². The van der Waals surface area contributed by atoms with Crippen LogP contribution in [0.25, 0.3) is 0 Å². The molecule has 0 saturated carbocycles. The number of aryl methyl sites for hydroxylation is 1. The van der Waals surface area contributed by atoms with E-state index in [2.05, 4.69) is 46.8 Å². The standard InChI is InChI=1S/C15H20N4/c1-3-16-15(9-12-10-19(2)18-17-12)14-8-11-6-4-5-7-13(11)14/h4-7,10,14-16H,3,8-9H2,1-2H3. The third-order valence-corrected chi connectivity index (χ3v) is 3.93. The van der Waals surface area contributed by atoms with Gasteiger partial charge in [0.15, 0.2) is 0 Å². The predicted octanol–water partition coefficient (Wildman–Crippen LogP) is 1.68. The monoisotopic (exact) mass is 256 g/mol. The first-order valence-electron chi connectivity index (χ1n) is 6.94. The van der Waals surface area contributed by atoms with Crippen molar-refractivity contribution in [2.75, 3.05) is 6.54 Å². The lowest BCUT2D eigenvalue weighted by atomic mass is 9.72. The number of fused-ring (bicyclic) bond motifs is 1. The Kier molecular flexibility index (Phi) is 3.34. The van der Waals surface area contributed by atoms with Gasteiger partial charge >= 0.3 is 0 Å². The fourth-order valence-electron chi connectivity index (χ4n) is 2.99. The highest BCUT2D eigenvalue weighted by Crippen LogP contribution is 2.38. The van der Waals surface area contributed by atoms with Gasteiger partial charge in [-0.05, 0) is 24.1 Å². The average Bonchev–Trinajstić information content (AvgIpc) is 2.77. The van der Waals surface area contributed by atoms with E-state index in [4.69, 9.17) is 0 Å². The van der Waals surface area contributed by atoms with Crippen LogP contribution in [0.15, 0.2) is 30.5 Å². The van der Waals surface area contributed by atoms with Crippen molar-refractivity contribution in [3.8, 4) is 0 Å². The summed E-state index contributed by atoms with van der Waals surface area (Å²) in [6, 6.07) is 9.20. The Bertz CT molecular complexity index is 561. The smallest absolute Gasteiger partial charge is 0.0842 e. The van der Waals surface area contributed by atoms with Gasteiger partial charge < -0.3 is 5.32 Å². The van der Waals surface area contributed by atoms with Gasteiger partial charge in [0.05, 0.1) is 5.69 Å². The van der Waals surface area contributed by atoms with Gasteiger partial charge in [-0.3, -0.25) is 4.68 Å². The second-order valence-electron chi connectivity index (χ2n) is 5.26. The quantitative estimate of drug-likeness (QED) is 0.885. The van der Waals surface area contributed by atoms with Gasteiger partial charge in [-0.1, -0.05) is 36.4 Å². The number of likely N-dealkylation sites (N-methyl/N-ethyl adjacent to an activating group) is 1. The number of rotatable bonds is 5. The highest BCUT2D eigenvalue weighted by atomic mass is 15.4. The summed E-state index contributed by atoms with van der Waals surface area (Å²) in [6.45, 7) is 3.15. The maximum absolute atomic E-state index is 4.21. The van der Waals surface area contributed by atoms with E-state index >= 15 is 0 Å². The van der Waals surface area contributed by atoms with Crippen molar-refractivity contribution in [3.05, 3.63) is 47.3 Å². The number of nitrogens with zero attached hydrogens (tertiary/aromatic N) is 3. The molecule has 1 heterocycles. The molecule has 0 amide bonds. The zero-order chi connectivity index (χ0) is 13.2. The molecule has 2 unspecified atom stereocenters. The summed E-state index contributed by atoms with van der Waals surface area (Å²) in [4.78, 5) is 0. The Morgan fingerprint density at radius 2 is 2.26 bits per heavy atom. The molecule has 4 nitrogen and oxygen atoms in total. The Morgan fingerprint density at radius 1 is 1.42 bits per heavy atom. The molecular weight excluding hydrogens is 236 g/mol. The fraction of sp³-hybridized carbons (Fsp3) is 0.467. The van der Waals surface area contributed by atoms with Gasteiger partial charge in [0.25, 0.3) is 0 Å². The van der Waals surface area contributed by atoms with Crippen LogP contribution in [0.2, 0.25) is 0 Å². The van der Waals surface area contributed by atoms with Crippen molar-refractivity contribution < 1.29 is 0 Å².